The Balaban J connectivity index is 2.31. The fourth-order valence-corrected chi connectivity index (χ4v) is 1.44. The number of ether oxygens (including phenoxy) is 3. The number of nitrogens with one attached hydrogen (secondary N) is 1. The van der Waals surface area contributed by atoms with Crippen molar-refractivity contribution in [2.24, 2.45) is 0 Å². The summed E-state index contributed by atoms with van der Waals surface area (Å²) in [7, 11) is 1.55. The van der Waals surface area contributed by atoms with Crippen LogP contribution in [0.3, 0.4) is 0 Å². The molecule has 0 aliphatic heterocycles. The smallest absolute Gasteiger partial charge is 0.407 e. The van der Waals surface area contributed by atoms with Gasteiger partial charge in [-0.3, -0.25) is 0 Å². The minimum atomic E-state index is -0.505. The third-order valence-corrected chi connectivity index (χ3v) is 2.24. The maximum atomic E-state index is 11.4. The fourth-order valence-electron chi connectivity index (χ4n) is 1.44. The van der Waals surface area contributed by atoms with Gasteiger partial charge >= 0.3 is 6.09 Å². The van der Waals surface area contributed by atoms with Crippen molar-refractivity contribution in [3.05, 3.63) is 18.2 Å². The molecule has 1 aromatic rings. The maximum Gasteiger partial charge on any atom is 0.407 e. The normalized spacial score (nSPS) is 10.8. The third kappa shape index (κ3) is 5.69. The van der Waals surface area contributed by atoms with Gasteiger partial charge in [-0.1, -0.05) is 0 Å². The average molecular weight is 282 g/mol. The number of carbonyl (C=O) groups is 1. The Morgan fingerprint density at radius 1 is 1.35 bits per heavy atom. The molecular formula is C14H22N2O4. The van der Waals surface area contributed by atoms with Crippen molar-refractivity contribution in [2.75, 3.05) is 26.0 Å². The van der Waals surface area contributed by atoms with Crippen LogP contribution in [0, 0.1) is 0 Å². The Labute approximate surface area is 119 Å². The molecule has 0 atom stereocenters. The van der Waals surface area contributed by atoms with Crippen LogP contribution in [0.1, 0.15) is 20.8 Å². The summed E-state index contributed by atoms with van der Waals surface area (Å²) in [5.74, 6) is 1.22. The Morgan fingerprint density at radius 2 is 2.05 bits per heavy atom. The summed E-state index contributed by atoms with van der Waals surface area (Å²) in [6.07, 6.45) is -0.463. The summed E-state index contributed by atoms with van der Waals surface area (Å²) in [5, 5.41) is 2.60. The van der Waals surface area contributed by atoms with Crippen molar-refractivity contribution < 1.29 is 19.0 Å². The first kappa shape index (κ1) is 15.9. The Kier molecular flexibility index (Phi) is 5.49. The predicted molar refractivity (Wildman–Crippen MR) is 77.1 cm³/mol. The van der Waals surface area contributed by atoms with E-state index in [0.29, 0.717) is 30.3 Å². The number of alkyl carbamates (subject to hydrolysis) is 1. The van der Waals surface area contributed by atoms with Crippen molar-refractivity contribution >= 4 is 11.8 Å². The van der Waals surface area contributed by atoms with E-state index in [2.05, 4.69) is 5.32 Å². The highest BCUT2D eigenvalue weighted by Gasteiger charge is 2.15. The van der Waals surface area contributed by atoms with Crippen LogP contribution in [0.2, 0.25) is 0 Å². The van der Waals surface area contributed by atoms with Gasteiger partial charge in [-0.05, 0) is 32.9 Å². The van der Waals surface area contributed by atoms with Gasteiger partial charge in [-0.2, -0.15) is 0 Å². The number of hydrogen-bond donors (Lipinski definition) is 2. The molecule has 0 radical (unpaired) electrons. The number of benzene rings is 1. The van der Waals surface area contributed by atoms with Gasteiger partial charge in [0, 0.05) is 6.07 Å². The zero-order valence-electron chi connectivity index (χ0n) is 12.4. The topological polar surface area (TPSA) is 82.8 Å². The number of hydrogen-bond acceptors (Lipinski definition) is 5. The molecule has 3 N–H and O–H groups in total. The van der Waals surface area contributed by atoms with Crippen LogP contribution in [-0.2, 0) is 4.74 Å². The minimum absolute atomic E-state index is 0.324. The van der Waals surface area contributed by atoms with Gasteiger partial charge in [0.2, 0.25) is 0 Å². The van der Waals surface area contributed by atoms with Gasteiger partial charge in [0.05, 0.1) is 19.3 Å². The van der Waals surface area contributed by atoms with Gasteiger partial charge in [0.25, 0.3) is 0 Å². The lowest BCUT2D eigenvalue weighted by atomic mass is 10.2. The lowest BCUT2D eigenvalue weighted by Gasteiger charge is -2.19. The number of carbonyl (C=O) groups excluding carboxylic acids is 1. The molecule has 0 aliphatic rings. The molecule has 0 fully saturated rings. The Hall–Kier alpha value is -2.11. The molecule has 0 spiro atoms. The molecule has 0 saturated carbocycles. The van der Waals surface area contributed by atoms with Crippen LogP contribution >= 0.6 is 0 Å². The largest absolute Gasteiger partial charge is 0.495 e. The molecule has 112 valence electrons. The monoisotopic (exact) mass is 282 g/mol. The number of methoxy groups -OCH3 is 1. The standard InChI is InChI=1S/C14H22N2O4/c1-14(2,3)20-13(17)16-7-8-19-10-5-6-12(18-4)11(15)9-10/h5-6,9H,7-8,15H2,1-4H3,(H,16,17). The van der Waals surface area contributed by atoms with Crippen LogP contribution in [0.15, 0.2) is 18.2 Å². The average Bonchev–Trinajstić information content (AvgIpc) is 2.33. The van der Waals surface area contributed by atoms with Crippen LogP contribution in [0.25, 0.3) is 0 Å². The second-order valence-corrected chi connectivity index (χ2v) is 5.18. The van der Waals surface area contributed by atoms with Crippen LogP contribution in [0.5, 0.6) is 11.5 Å². The Bertz CT molecular complexity index is 455. The van der Waals surface area contributed by atoms with Gasteiger partial charge < -0.3 is 25.3 Å². The van der Waals surface area contributed by atoms with Crippen LogP contribution in [0.4, 0.5) is 10.5 Å². The number of nitrogen functional groups attached to an aromatic ring is 1. The molecule has 0 aliphatic carbocycles. The molecule has 0 bridgehead atoms. The highest BCUT2D eigenvalue weighted by atomic mass is 16.6. The molecule has 6 heteroatoms. The number of nitrogens with two attached hydrogens (primary N) is 1. The van der Waals surface area contributed by atoms with Gasteiger partial charge in [0.15, 0.2) is 0 Å². The Morgan fingerprint density at radius 3 is 2.60 bits per heavy atom. The van der Waals surface area contributed by atoms with E-state index in [1.165, 1.54) is 0 Å². The first-order valence-corrected chi connectivity index (χ1v) is 6.35. The van der Waals surface area contributed by atoms with Crippen LogP contribution in [-0.4, -0.2) is 32.0 Å². The lowest BCUT2D eigenvalue weighted by Crippen LogP contribution is -2.34. The van der Waals surface area contributed by atoms with Gasteiger partial charge in [0.1, 0.15) is 23.7 Å². The third-order valence-electron chi connectivity index (χ3n) is 2.24. The summed E-state index contributed by atoms with van der Waals surface area (Å²) in [4.78, 5) is 11.4. The molecule has 6 nitrogen and oxygen atoms in total. The molecule has 0 heterocycles. The summed E-state index contributed by atoms with van der Waals surface area (Å²) in [6, 6.07) is 5.15. The number of anilines is 1. The van der Waals surface area contributed by atoms with E-state index in [1.54, 1.807) is 25.3 Å². The molecule has 0 aromatic heterocycles. The van der Waals surface area contributed by atoms with E-state index in [4.69, 9.17) is 19.9 Å². The van der Waals surface area contributed by atoms with Crippen molar-refractivity contribution in [2.45, 2.75) is 26.4 Å². The predicted octanol–water partition coefficient (Wildman–Crippen LogP) is 2.18. The zero-order valence-corrected chi connectivity index (χ0v) is 12.4. The van der Waals surface area contributed by atoms with Crippen molar-refractivity contribution in [3.8, 4) is 11.5 Å². The van der Waals surface area contributed by atoms with Crippen molar-refractivity contribution in [1.82, 2.24) is 5.32 Å². The second-order valence-electron chi connectivity index (χ2n) is 5.18. The van der Waals surface area contributed by atoms with E-state index < -0.39 is 11.7 Å². The van der Waals surface area contributed by atoms with Crippen LogP contribution < -0.4 is 20.5 Å². The summed E-state index contributed by atoms with van der Waals surface area (Å²) >= 11 is 0. The molecular weight excluding hydrogens is 260 g/mol. The van der Waals surface area contributed by atoms with Crippen molar-refractivity contribution in [3.63, 3.8) is 0 Å². The van der Waals surface area contributed by atoms with Gasteiger partial charge in [-0.15, -0.1) is 0 Å². The molecule has 1 rings (SSSR count). The molecule has 0 saturated heterocycles. The van der Waals surface area contributed by atoms with E-state index in [1.807, 2.05) is 20.8 Å². The van der Waals surface area contributed by atoms with E-state index in [0.717, 1.165) is 0 Å². The van der Waals surface area contributed by atoms with Crippen molar-refractivity contribution in [1.29, 1.82) is 0 Å². The molecule has 1 aromatic carbocycles. The zero-order chi connectivity index (χ0) is 15.2. The minimum Gasteiger partial charge on any atom is -0.495 e. The lowest BCUT2D eigenvalue weighted by molar-refractivity contribution is 0.0520. The van der Waals surface area contributed by atoms with E-state index in [-0.39, 0.29) is 0 Å². The number of rotatable bonds is 5. The highest BCUT2D eigenvalue weighted by Crippen LogP contribution is 2.25. The maximum absolute atomic E-state index is 11.4. The first-order chi connectivity index (χ1) is 9.31. The summed E-state index contributed by atoms with van der Waals surface area (Å²) < 4.78 is 15.6. The summed E-state index contributed by atoms with van der Waals surface area (Å²) in [5.41, 5.74) is 5.76. The van der Waals surface area contributed by atoms with Gasteiger partial charge in [-0.25, -0.2) is 4.79 Å². The number of amides is 1. The molecule has 0 unspecified atom stereocenters. The fraction of sp³-hybridized carbons (Fsp3) is 0.500. The van der Waals surface area contributed by atoms with E-state index in [9.17, 15) is 4.79 Å². The van der Waals surface area contributed by atoms with E-state index >= 15 is 0 Å². The molecule has 1 amide bonds. The second kappa shape index (κ2) is 6.88. The SMILES string of the molecule is COc1ccc(OCCNC(=O)OC(C)(C)C)cc1N. The summed E-state index contributed by atoms with van der Waals surface area (Å²) in [6.45, 7) is 6.10. The first-order valence-electron chi connectivity index (χ1n) is 6.35. The molecule has 20 heavy (non-hydrogen) atoms. The quantitative estimate of drug-likeness (QED) is 0.639. The highest BCUT2D eigenvalue weighted by molar-refractivity contribution is 5.67.